The number of ether oxygens (including phenoxy) is 2. The Morgan fingerprint density at radius 3 is 2.44 bits per heavy atom. The number of esters is 1. The summed E-state index contributed by atoms with van der Waals surface area (Å²) in [5.41, 5.74) is 0.937. The number of rotatable bonds is 17. The molecule has 0 heterocycles. The highest BCUT2D eigenvalue weighted by molar-refractivity contribution is 5.84. The van der Waals surface area contributed by atoms with Crippen LogP contribution >= 0.6 is 0 Å². The van der Waals surface area contributed by atoms with Gasteiger partial charge in [0.15, 0.2) is 0 Å². The summed E-state index contributed by atoms with van der Waals surface area (Å²) >= 11 is 0. The third kappa shape index (κ3) is 13.5. The van der Waals surface area contributed by atoms with Crippen molar-refractivity contribution in [3.05, 3.63) is 48.6 Å². The minimum atomic E-state index is -0.590. The summed E-state index contributed by atoms with van der Waals surface area (Å²) in [5.74, 6) is -0.551. The van der Waals surface area contributed by atoms with Gasteiger partial charge in [-0.3, -0.25) is 4.79 Å². The molecule has 7 nitrogen and oxygen atoms in total. The summed E-state index contributed by atoms with van der Waals surface area (Å²) in [5, 5.41) is 5.50. The maximum Gasteiger partial charge on any atom is 0.407 e. The van der Waals surface area contributed by atoms with Crippen LogP contribution in [0, 0.1) is 0 Å². The molecule has 0 spiro atoms. The second kappa shape index (κ2) is 17.8. The number of unbranched alkanes of at least 4 members (excludes halogenated alkanes) is 6. The van der Waals surface area contributed by atoms with E-state index in [0.29, 0.717) is 25.8 Å². The molecule has 1 aromatic rings. The molecule has 0 aliphatic carbocycles. The number of hydrogen-bond acceptors (Lipinski definition) is 5. The van der Waals surface area contributed by atoms with Crippen molar-refractivity contribution >= 4 is 18.0 Å². The highest BCUT2D eigenvalue weighted by Crippen LogP contribution is 2.09. The van der Waals surface area contributed by atoms with E-state index in [1.807, 2.05) is 36.4 Å². The van der Waals surface area contributed by atoms with Crippen LogP contribution in [0.2, 0.25) is 0 Å². The van der Waals surface area contributed by atoms with Gasteiger partial charge in [0.25, 0.3) is 0 Å². The molecule has 0 fully saturated rings. The maximum absolute atomic E-state index is 12.2. The van der Waals surface area contributed by atoms with Crippen molar-refractivity contribution in [2.45, 2.75) is 76.9 Å². The molecular weight excluding hydrogens is 408 g/mol. The van der Waals surface area contributed by atoms with Crippen molar-refractivity contribution in [1.29, 1.82) is 0 Å². The minimum Gasteiger partial charge on any atom is -0.467 e. The number of amides is 2. The van der Waals surface area contributed by atoms with Crippen molar-refractivity contribution in [3.63, 3.8) is 0 Å². The van der Waals surface area contributed by atoms with Gasteiger partial charge in [0.1, 0.15) is 12.6 Å². The molecule has 0 radical (unpaired) electrons. The molecule has 2 amide bonds. The lowest BCUT2D eigenvalue weighted by Gasteiger charge is -2.16. The molecule has 1 atom stereocenters. The second-order valence-electron chi connectivity index (χ2n) is 7.72. The van der Waals surface area contributed by atoms with E-state index in [0.717, 1.165) is 50.5 Å². The van der Waals surface area contributed by atoms with Crippen LogP contribution in [0.5, 0.6) is 0 Å². The Morgan fingerprint density at radius 1 is 1.00 bits per heavy atom. The first-order valence-electron chi connectivity index (χ1n) is 11.5. The Kier molecular flexibility index (Phi) is 15.1. The first kappa shape index (κ1) is 27.2. The smallest absolute Gasteiger partial charge is 0.407 e. The van der Waals surface area contributed by atoms with Crippen LogP contribution in [-0.2, 0) is 25.7 Å². The lowest BCUT2D eigenvalue weighted by molar-refractivity contribution is -0.145. The largest absolute Gasteiger partial charge is 0.467 e. The predicted octanol–water partition coefficient (Wildman–Crippen LogP) is 4.66. The van der Waals surface area contributed by atoms with Gasteiger partial charge in [-0.1, -0.05) is 62.1 Å². The van der Waals surface area contributed by atoms with Gasteiger partial charge >= 0.3 is 12.1 Å². The molecule has 0 saturated carbocycles. The maximum atomic E-state index is 12.2. The van der Waals surface area contributed by atoms with E-state index < -0.39 is 18.1 Å². The van der Waals surface area contributed by atoms with Crippen molar-refractivity contribution in [1.82, 2.24) is 10.6 Å². The van der Waals surface area contributed by atoms with E-state index in [2.05, 4.69) is 17.2 Å². The second-order valence-corrected chi connectivity index (χ2v) is 7.72. The molecule has 0 saturated heterocycles. The summed E-state index contributed by atoms with van der Waals surface area (Å²) in [4.78, 5) is 35.8. The molecule has 7 heteroatoms. The number of methoxy groups -OCH3 is 1. The van der Waals surface area contributed by atoms with E-state index in [1.54, 1.807) is 0 Å². The van der Waals surface area contributed by atoms with Gasteiger partial charge in [-0.2, -0.15) is 0 Å². The molecule has 0 bridgehead atoms. The number of allylic oxidation sites excluding steroid dienone is 1. The van der Waals surface area contributed by atoms with Gasteiger partial charge in [0, 0.05) is 13.0 Å². The Balaban J connectivity index is 2.12. The zero-order valence-electron chi connectivity index (χ0n) is 19.3. The average molecular weight is 447 g/mol. The van der Waals surface area contributed by atoms with Crippen molar-refractivity contribution < 1.29 is 23.9 Å². The molecule has 0 aromatic heterocycles. The van der Waals surface area contributed by atoms with Crippen LogP contribution < -0.4 is 10.6 Å². The van der Waals surface area contributed by atoms with Crippen LogP contribution in [0.4, 0.5) is 4.79 Å². The predicted molar refractivity (Wildman–Crippen MR) is 125 cm³/mol. The average Bonchev–Trinajstić information content (AvgIpc) is 2.81. The lowest BCUT2D eigenvalue weighted by atomic mass is 10.1. The first-order valence-corrected chi connectivity index (χ1v) is 11.5. The monoisotopic (exact) mass is 446 g/mol. The van der Waals surface area contributed by atoms with Crippen LogP contribution in [0.3, 0.4) is 0 Å². The molecule has 0 aliphatic rings. The fraction of sp³-hybridized carbons (Fsp3) is 0.560. The van der Waals surface area contributed by atoms with Crippen LogP contribution in [0.15, 0.2) is 43.0 Å². The summed E-state index contributed by atoms with van der Waals surface area (Å²) in [7, 11) is 1.34. The van der Waals surface area contributed by atoms with Gasteiger partial charge in [-0.25, -0.2) is 9.59 Å². The standard InChI is InChI=1S/C25H38N2O5/c1-3-4-5-6-7-12-17-22(24(29)31-2)27-23(28)18-13-9-14-19-26-25(30)32-20-21-15-10-8-11-16-21/h3,8,10-11,15-16,22H,1,4-7,9,12-14,17-20H2,2H3,(H,26,30)(H,27,28)/t22-/m0/s1. The van der Waals surface area contributed by atoms with E-state index in [1.165, 1.54) is 7.11 Å². The van der Waals surface area contributed by atoms with E-state index >= 15 is 0 Å². The van der Waals surface area contributed by atoms with Gasteiger partial charge in [-0.15, -0.1) is 6.58 Å². The fourth-order valence-electron chi connectivity index (χ4n) is 3.20. The normalized spacial score (nSPS) is 11.3. The SMILES string of the molecule is C=CCCCCCC[C@H](NC(=O)CCCCCNC(=O)OCc1ccccc1)C(=O)OC. The number of benzene rings is 1. The first-order chi connectivity index (χ1) is 15.6. The Hall–Kier alpha value is -2.83. The van der Waals surface area contributed by atoms with Gasteiger partial charge in [0.2, 0.25) is 5.91 Å². The summed E-state index contributed by atoms with van der Waals surface area (Å²) < 4.78 is 9.96. The zero-order chi connectivity index (χ0) is 23.4. The number of hydrogen-bond donors (Lipinski definition) is 2. The van der Waals surface area contributed by atoms with Gasteiger partial charge in [-0.05, 0) is 37.7 Å². The molecular formula is C25H38N2O5. The lowest BCUT2D eigenvalue weighted by Crippen LogP contribution is -2.41. The fourth-order valence-corrected chi connectivity index (χ4v) is 3.20. The van der Waals surface area contributed by atoms with Crippen molar-refractivity contribution in [3.8, 4) is 0 Å². The number of nitrogens with one attached hydrogen (secondary N) is 2. The third-order valence-electron chi connectivity index (χ3n) is 5.03. The molecule has 1 rings (SSSR count). The molecule has 2 N–H and O–H groups in total. The summed E-state index contributed by atoms with van der Waals surface area (Å²) in [6.45, 7) is 4.44. The zero-order valence-corrected chi connectivity index (χ0v) is 19.3. The quantitative estimate of drug-likeness (QED) is 0.206. The van der Waals surface area contributed by atoms with E-state index in [9.17, 15) is 14.4 Å². The van der Waals surface area contributed by atoms with E-state index in [-0.39, 0.29) is 12.5 Å². The van der Waals surface area contributed by atoms with E-state index in [4.69, 9.17) is 9.47 Å². The summed E-state index contributed by atoms with van der Waals surface area (Å²) in [6, 6.07) is 8.90. The molecule has 178 valence electrons. The Bertz CT molecular complexity index is 678. The summed E-state index contributed by atoms with van der Waals surface area (Å²) in [6.07, 6.45) is 9.66. The minimum absolute atomic E-state index is 0.151. The topological polar surface area (TPSA) is 93.7 Å². The van der Waals surface area contributed by atoms with Crippen molar-refractivity contribution in [2.24, 2.45) is 0 Å². The highest BCUT2D eigenvalue weighted by atomic mass is 16.5. The molecule has 32 heavy (non-hydrogen) atoms. The number of carbonyl (C=O) groups excluding carboxylic acids is 3. The molecule has 1 aromatic carbocycles. The molecule has 0 unspecified atom stereocenters. The number of alkyl carbamates (subject to hydrolysis) is 1. The van der Waals surface area contributed by atoms with Crippen LogP contribution in [0.1, 0.15) is 69.8 Å². The Labute approximate surface area is 191 Å². The van der Waals surface area contributed by atoms with Crippen LogP contribution in [0.25, 0.3) is 0 Å². The molecule has 0 aliphatic heterocycles. The number of carbonyl (C=O) groups is 3. The third-order valence-corrected chi connectivity index (χ3v) is 5.03. The Morgan fingerprint density at radius 2 is 1.72 bits per heavy atom. The van der Waals surface area contributed by atoms with Crippen LogP contribution in [-0.4, -0.2) is 37.7 Å². The highest BCUT2D eigenvalue weighted by Gasteiger charge is 2.20. The van der Waals surface area contributed by atoms with Gasteiger partial charge in [0.05, 0.1) is 7.11 Å². The van der Waals surface area contributed by atoms with Gasteiger partial charge < -0.3 is 20.1 Å². The van der Waals surface area contributed by atoms with Crippen molar-refractivity contribution in [2.75, 3.05) is 13.7 Å².